The Hall–Kier alpha value is -3.08. The number of nitrogen functional groups attached to an aromatic ring is 1. The number of anilines is 2. The maximum atomic E-state index is 11.9. The minimum absolute atomic E-state index is 0.248. The van der Waals surface area contributed by atoms with Crippen LogP contribution in [0.15, 0.2) is 76.5 Å². The topological polar surface area (TPSA) is 103 Å². The van der Waals surface area contributed by atoms with Gasteiger partial charge >= 0.3 is 0 Å². The lowest BCUT2D eigenvalue weighted by Gasteiger charge is -2.13. The summed E-state index contributed by atoms with van der Waals surface area (Å²) in [5.74, 6) is 0. The van der Waals surface area contributed by atoms with Gasteiger partial charge in [-0.1, -0.05) is 24.3 Å². The van der Waals surface area contributed by atoms with Gasteiger partial charge in [-0.25, -0.2) is 0 Å². The molecular formula is C21H18N4OS2. The maximum Gasteiger partial charge on any atom is 0.0991 e. The van der Waals surface area contributed by atoms with Gasteiger partial charge < -0.3 is 10.5 Å². The van der Waals surface area contributed by atoms with Gasteiger partial charge in [0.15, 0.2) is 0 Å². The Bertz CT molecular complexity index is 1110. The first-order valence-electron chi connectivity index (χ1n) is 8.34. The molecule has 0 saturated carbocycles. The van der Waals surface area contributed by atoms with Gasteiger partial charge in [-0.15, -0.1) is 0 Å². The lowest BCUT2D eigenvalue weighted by Crippen LogP contribution is -2.06. The highest BCUT2D eigenvalue weighted by Gasteiger charge is 2.11. The Morgan fingerprint density at radius 1 is 1.14 bits per heavy atom. The number of nitrogens with zero attached hydrogens (tertiary/aromatic N) is 1. The average Bonchev–Trinajstić information content (AvgIpc) is 2.72. The Morgan fingerprint density at radius 3 is 2.68 bits per heavy atom. The zero-order chi connectivity index (χ0) is 20.1. The van der Waals surface area contributed by atoms with E-state index < -0.39 is 10.8 Å². The molecule has 0 aromatic heterocycles. The molecule has 0 heterocycles. The van der Waals surface area contributed by atoms with Crippen molar-refractivity contribution < 1.29 is 4.21 Å². The summed E-state index contributed by atoms with van der Waals surface area (Å²) in [5.41, 5.74) is 9.29. The van der Waals surface area contributed by atoms with Crippen molar-refractivity contribution in [3.8, 4) is 6.07 Å². The van der Waals surface area contributed by atoms with Crippen LogP contribution >= 0.6 is 11.9 Å². The molecule has 140 valence electrons. The van der Waals surface area contributed by atoms with Crippen LogP contribution in [0.25, 0.3) is 0 Å². The Morgan fingerprint density at radius 2 is 1.93 bits per heavy atom. The van der Waals surface area contributed by atoms with Crippen LogP contribution in [-0.4, -0.2) is 16.2 Å². The summed E-state index contributed by atoms with van der Waals surface area (Å²) in [6, 6.07) is 21.9. The van der Waals surface area contributed by atoms with Crippen molar-refractivity contribution in [1.29, 1.82) is 10.7 Å². The third-order valence-electron chi connectivity index (χ3n) is 4.04. The van der Waals surface area contributed by atoms with E-state index in [2.05, 4.69) is 10.8 Å². The summed E-state index contributed by atoms with van der Waals surface area (Å²) < 4.78 is 15.1. The molecule has 1 unspecified atom stereocenters. The number of nitrogens with one attached hydrogen (secondary N) is 2. The summed E-state index contributed by atoms with van der Waals surface area (Å²) in [7, 11) is -1.08. The van der Waals surface area contributed by atoms with Crippen molar-refractivity contribution in [2.45, 2.75) is 9.79 Å². The van der Waals surface area contributed by atoms with Crippen LogP contribution in [0.4, 0.5) is 11.4 Å². The number of nitriles is 1. The number of rotatable bonds is 6. The first-order chi connectivity index (χ1) is 13.5. The van der Waals surface area contributed by atoms with Crippen LogP contribution in [0.3, 0.4) is 0 Å². The minimum Gasteiger partial charge on any atom is -0.398 e. The molecule has 0 spiro atoms. The van der Waals surface area contributed by atoms with Crippen LogP contribution in [-0.2, 0) is 10.8 Å². The minimum atomic E-state index is -1.08. The normalized spacial score (nSPS) is 11.4. The number of benzene rings is 3. The number of hydrogen-bond acceptors (Lipinski definition) is 6. The molecule has 0 aliphatic carbocycles. The monoisotopic (exact) mass is 406 g/mol. The molecule has 0 aliphatic heterocycles. The van der Waals surface area contributed by atoms with Gasteiger partial charge in [0.2, 0.25) is 0 Å². The van der Waals surface area contributed by atoms with Gasteiger partial charge in [0.25, 0.3) is 0 Å². The summed E-state index contributed by atoms with van der Waals surface area (Å²) in [6.07, 6.45) is 1.65. The van der Waals surface area contributed by atoms with E-state index in [4.69, 9.17) is 16.4 Å². The van der Waals surface area contributed by atoms with E-state index in [9.17, 15) is 4.21 Å². The maximum absolute atomic E-state index is 11.9. The molecule has 7 heteroatoms. The summed E-state index contributed by atoms with van der Waals surface area (Å²) >= 11 is 1.36. The number of hydrogen-bond donors (Lipinski definition) is 3. The molecule has 0 fully saturated rings. The molecule has 0 saturated heterocycles. The highest BCUT2D eigenvalue weighted by molar-refractivity contribution is 8.01. The largest absolute Gasteiger partial charge is 0.398 e. The summed E-state index contributed by atoms with van der Waals surface area (Å²) in [4.78, 5) is 1.63. The SMILES string of the molecule is CS(=O)c1ccccc1SNc1ccc(N)c(C(=N)c2cccc(C#N)c2)c1. The van der Waals surface area contributed by atoms with E-state index in [1.54, 1.807) is 42.7 Å². The summed E-state index contributed by atoms with van der Waals surface area (Å²) in [5, 5.41) is 17.6. The lowest BCUT2D eigenvalue weighted by molar-refractivity contribution is 0.685. The zero-order valence-corrected chi connectivity index (χ0v) is 16.7. The smallest absolute Gasteiger partial charge is 0.0991 e. The van der Waals surface area contributed by atoms with Crippen LogP contribution < -0.4 is 10.5 Å². The lowest BCUT2D eigenvalue weighted by atomic mass is 9.99. The molecule has 4 N–H and O–H groups in total. The highest BCUT2D eigenvalue weighted by atomic mass is 32.2. The molecule has 28 heavy (non-hydrogen) atoms. The highest BCUT2D eigenvalue weighted by Crippen LogP contribution is 2.28. The van der Waals surface area contributed by atoms with E-state index in [0.717, 1.165) is 15.5 Å². The Kier molecular flexibility index (Phi) is 6.14. The molecule has 0 radical (unpaired) electrons. The Labute approximate surface area is 170 Å². The van der Waals surface area contributed by atoms with E-state index in [1.807, 2.05) is 30.3 Å². The Balaban J connectivity index is 1.85. The van der Waals surface area contributed by atoms with Crippen LogP contribution in [0.1, 0.15) is 16.7 Å². The van der Waals surface area contributed by atoms with Crippen molar-refractivity contribution in [2.24, 2.45) is 0 Å². The number of nitrogens with two attached hydrogens (primary N) is 1. The van der Waals surface area contributed by atoms with Crippen molar-refractivity contribution in [3.63, 3.8) is 0 Å². The van der Waals surface area contributed by atoms with E-state index in [0.29, 0.717) is 22.4 Å². The van der Waals surface area contributed by atoms with Crippen molar-refractivity contribution >= 4 is 39.8 Å². The molecule has 3 rings (SSSR count). The van der Waals surface area contributed by atoms with Gasteiger partial charge in [-0.05, 0) is 54.4 Å². The molecule has 3 aromatic rings. The fraction of sp³-hybridized carbons (Fsp3) is 0.0476. The molecule has 5 nitrogen and oxygen atoms in total. The van der Waals surface area contributed by atoms with Gasteiger partial charge in [0.1, 0.15) is 0 Å². The van der Waals surface area contributed by atoms with E-state index >= 15 is 0 Å². The van der Waals surface area contributed by atoms with Crippen LogP contribution in [0, 0.1) is 16.7 Å². The predicted octanol–water partition coefficient (Wildman–Crippen LogP) is 4.41. The molecule has 0 amide bonds. The molecule has 3 aromatic carbocycles. The van der Waals surface area contributed by atoms with Gasteiger partial charge in [0.05, 0.1) is 33.0 Å². The van der Waals surface area contributed by atoms with Crippen molar-refractivity contribution in [2.75, 3.05) is 16.7 Å². The average molecular weight is 407 g/mol. The predicted molar refractivity (Wildman–Crippen MR) is 116 cm³/mol. The van der Waals surface area contributed by atoms with Crippen molar-refractivity contribution in [3.05, 3.63) is 83.4 Å². The molecule has 0 aliphatic rings. The molecular weight excluding hydrogens is 388 g/mol. The second kappa shape index (κ2) is 8.74. The van der Waals surface area contributed by atoms with E-state index in [1.165, 1.54) is 11.9 Å². The van der Waals surface area contributed by atoms with Gasteiger partial charge in [0, 0.05) is 33.7 Å². The fourth-order valence-electron chi connectivity index (χ4n) is 2.62. The first-order valence-corrected chi connectivity index (χ1v) is 10.7. The fourth-order valence-corrected chi connectivity index (χ4v) is 4.39. The zero-order valence-electron chi connectivity index (χ0n) is 15.1. The standard InChI is InChI=1S/C21H18N4OS2/c1-28(26)20-8-3-2-7-19(20)27-25-16-9-10-18(23)17(12-16)21(24)15-6-4-5-14(11-15)13-22/h2-12,24-25H,23H2,1H3. The molecule has 1 atom stereocenters. The first kappa shape index (κ1) is 19.7. The van der Waals surface area contributed by atoms with E-state index in [-0.39, 0.29) is 5.71 Å². The van der Waals surface area contributed by atoms with Crippen LogP contribution in [0.5, 0.6) is 0 Å². The van der Waals surface area contributed by atoms with Crippen molar-refractivity contribution in [1.82, 2.24) is 0 Å². The second-order valence-electron chi connectivity index (χ2n) is 5.97. The quantitative estimate of drug-likeness (QED) is 0.320. The summed E-state index contributed by atoms with van der Waals surface area (Å²) in [6.45, 7) is 0. The van der Waals surface area contributed by atoms with Gasteiger partial charge in [-0.2, -0.15) is 5.26 Å². The van der Waals surface area contributed by atoms with Gasteiger partial charge in [-0.3, -0.25) is 9.62 Å². The van der Waals surface area contributed by atoms with Crippen LogP contribution in [0.2, 0.25) is 0 Å². The third kappa shape index (κ3) is 4.42. The second-order valence-corrected chi connectivity index (χ2v) is 8.17. The third-order valence-corrected chi connectivity index (χ3v) is 6.06. The molecule has 0 bridgehead atoms.